The van der Waals surface area contributed by atoms with Gasteiger partial charge in [0.15, 0.2) is 0 Å². The van der Waals surface area contributed by atoms with Crippen molar-refractivity contribution in [3.05, 3.63) is 29.8 Å². The summed E-state index contributed by atoms with van der Waals surface area (Å²) in [6.07, 6.45) is 2.02. The van der Waals surface area contributed by atoms with Crippen molar-refractivity contribution in [3.8, 4) is 0 Å². The number of nitrogens with zero attached hydrogens (tertiary/aromatic N) is 1. The van der Waals surface area contributed by atoms with Crippen LogP contribution in [0.15, 0.2) is 24.3 Å². The Morgan fingerprint density at radius 3 is 2.89 bits per heavy atom. The van der Waals surface area contributed by atoms with Gasteiger partial charge in [0.05, 0.1) is 6.54 Å². The van der Waals surface area contributed by atoms with Crippen LogP contribution in [-0.2, 0) is 16.0 Å². The molecule has 1 aromatic carbocycles. The number of anilines is 1. The lowest BCUT2D eigenvalue weighted by Gasteiger charge is -2.36. The highest BCUT2D eigenvalue weighted by atomic mass is 16.4. The van der Waals surface area contributed by atoms with Gasteiger partial charge in [0.2, 0.25) is 5.91 Å². The number of carbonyl (C=O) groups excluding carboxylic acids is 1. The number of carbonyl (C=O) groups is 2. The van der Waals surface area contributed by atoms with Gasteiger partial charge >= 0.3 is 5.97 Å². The topological polar surface area (TPSA) is 69.6 Å². The van der Waals surface area contributed by atoms with Crippen molar-refractivity contribution >= 4 is 17.6 Å². The fraction of sp³-hybridized carbons (Fsp3) is 0.429. The van der Waals surface area contributed by atoms with E-state index in [-0.39, 0.29) is 25.0 Å². The Morgan fingerprint density at radius 1 is 1.42 bits per heavy atom. The molecule has 1 aromatic rings. The quantitative estimate of drug-likeness (QED) is 0.850. The molecule has 0 saturated heterocycles. The Hall–Kier alpha value is -2.04. The van der Waals surface area contributed by atoms with Gasteiger partial charge in [-0.25, -0.2) is 0 Å². The molecule has 0 aliphatic carbocycles. The Labute approximate surface area is 112 Å². The van der Waals surface area contributed by atoms with Crippen LogP contribution < -0.4 is 10.2 Å². The first-order valence-electron chi connectivity index (χ1n) is 6.41. The maximum atomic E-state index is 11.8. The van der Waals surface area contributed by atoms with Crippen LogP contribution in [0.5, 0.6) is 0 Å². The van der Waals surface area contributed by atoms with E-state index in [0.29, 0.717) is 0 Å². The molecule has 19 heavy (non-hydrogen) atoms. The number of amides is 1. The monoisotopic (exact) mass is 262 g/mol. The number of hydrogen-bond donors (Lipinski definition) is 2. The zero-order valence-electron chi connectivity index (χ0n) is 10.9. The molecular weight excluding hydrogens is 244 g/mol. The number of fused-ring (bicyclic) bond motifs is 1. The van der Waals surface area contributed by atoms with Crippen LogP contribution in [0.3, 0.4) is 0 Å². The van der Waals surface area contributed by atoms with Gasteiger partial charge in [0.25, 0.3) is 0 Å². The van der Waals surface area contributed by atoms with Gasteiger partial charge in [-0.1, -0.05) is 18.2 Å². The van der Waals surface area contributed by atoms with Gasteiger partial charge in [-0.05, 0) is 31.4 Å². The second-order valence-corrected chi connectivity index (χ2v) is 4.81. The fourth-order valence-corrected chi connectivity index (χ4v) is 2.39. The van der Waals surface area contributed by atoms with Gasteiger partial charge in [-0.15, -0.1) is 0 Å². The minimum absolute atomic E-state index is 0.200. The van der Waals surface area contributed by atoms with E-state index in [9.17, 15) is 9.59 Å². The molecule has 0 bridgehead atoms. The second-order valence-electron chi connectivity index (χ2n) is 4.81. The number of hydrogen-bond acceptors (Lipinski definition) is 3. The van der Waals surface area contributed by atoms with Crippen LogP contribution >= 0.6 is 0 Å². The molecule has 0 aromatic heterocycles. The third-order valence-electron chi connectivity index (χ3n) is 3.42. The first-order valence-corrected chi connectivity index (χ1v) is 6.41. The van der Waals surface area contributed by atoms with E-state index in [1.54, 1.807) is 0 Å². The van der Waals surface area contributed by atoms with Gasteiger partial charge in [-0.3, -0.25) is 9.59 Å². The van der Waals surface area contributed by atoms with Crippen LogP contribution in [-0.4, -0.2) is 36.1 Å². The molecule has 102 valence electrons. The summed E-state index contributed by atoms with van der Waals surface area (Å²) in [4.78, 5) is 24.2. The second kappa shape index (κ2) is 5.73. The third-order valence-corrected chi connectivity index (χ3v) is 3.42. The Balaban J connectivity index is 2.07. The number of benzene rings is 1. The van der Waals surface area contributed by atoms with Crippen LogP contribution in [0.2, 0.25) is 0 Å². The first-order chi connectivity index (χ1) is 9.08. The molecule has 1 atom stereocenters. The van der Waals surface area contributed by atoms with Crippen LogP contribution in [0, 0.1) is 0 Å². The lowest BCUT2D eigenvalue weighted by molar-refractivity contribution is -0.137. The van der Waals surface area contributed by atoms with Gasteiger partial charge in [0, 0.05) is 11.7 Å². The molecule has 0 spiro atoms. The molecule has 1 aliphatic rings. The summed E-state index contributed by atoms with van der Waals surface area (Å²) >= 11 is 0. The van der Waals surface area contributed by atoms with E-state index in [4.69, 9.17) is 5.11 Å². The number of para-hydroxylation sites is 1. The summed E-state index contributed by atoms with van der Waals surface area (Å²) in [6.45, 7) is 1.95. The molecule has 0 fully saturated rings. The standard InChI is InChI=1S/C14H18N2O3/c1-10-6-7-11-4-2-3-5-12(11)16(10)9-13(17)15-8-14(18)19/h2-5,10H,6-9H2,1H3,(H,15,17)(H,18,19). The number of aryl methyl sites for hydroxylation is 1. The SMILES string of the molecule is CC1CCc2ccccc2N1CC(=O)NCC(=O)O. The predicted molar refractivity (Wildman–Crippen MR) is 72.2 cm³/mol. The van der Waals surface area contributed by atoms with Gasteiger partial charge < -0.3 is 15.3 Å². The molecule has 1 unspecified atom stereocenters. The van der Waals surface area contributed by atoms with E-state index >= 15 is 0 Å². The van der Waals surface area contributed by atoms with Crippen molar-refractivity contribution in [1.82, 2.24) is 5.32 Å². The maximum Gasteiger partial charge on any atom is 0.322 e. The molecule has 5 heteroatoms. The lowest BCUT2D eigenvalue weighted by Crippen LogP contribution is -2.45. The van der Waals surface area contributed by atoms with Crippen molar-refractivity contribution in [1.29, 1.82) is 0 Å². The van der Waals surface area contributed by atoms with E-state index in [2.05, 4.69) is 18.3 Å². The maximum absolute atomic E-state index is 11.8. The lowest BCUT2D eigenvalue weighted by atomic mass is 9.97. The average molecular weight is 262 g/mol. The van der Waals surface area contributed by atoms with Crippen molar-refractivity contribution < 1.29 is 14.7 Å². The van der Waals surface area contributed by atoms with Crippen LogP contribution in [0.1, 0.15) is 18.9 Å². The predicted octanol–water partition coefficient (Wildman–Crippen LogP) is 1.03. The Morgan fingerprint density at radius 2 is 2.16 bits per heavy atom. The summed E-state index contributed by atoms with van der Waals surface area (Å²) in [5.74, 6) is -1.29. The third kappa shape index (κ3) is 3.24. The van der Waals surface area contributed by atoms with E-state index < -0.39 is 5.97 Å². The highest BCUT2D eigenvalue weighted by Crippen LogP contribution is 2.29. The smallest absolute Gasteiger partial charge is 0.322 e. The summed E-state index contributed by atoms with van der Waals surface area (Å²) in [6, 6.07) is 8.32. The minimum Gasteiger partial charge on any atom is -0.480 e. The van der Waals surface area contributed by atoms with Crippen molar-refractivity contribution in [3.63, 3.8) is 0 Å². The number of nitrogens with one attached hydrogen (secondary N) is 1. The Kier molecular flexibility index (Phi) is 4.04. The van der Waals surface area contributed by atoms with Gasteiger partial charge in [0.1, 0.15) is 6.54 Å². The summed E-state index contributed by atoms with van der Waals surface area (Å²) in [7, 11) is 0. The molecule has 5 nitrogen and oxygen atoms in total. The summed E-state index contributed by atoms with van der Waals surface area (Å²) < 4.78 is 0. The largest absolute Gasteiger partial charge is 0.480 e. The number of aliphatic carboxylic acids is 1. The highest BCUT2D eigenvalue weighted by Gasteiger charge is 2.24. The average Bonchev–Trinajstić information content (AvgIpc) is 2.40. The fourth-order valence-electron chi connectivity index (χ4n) is 2.39. The molecule has 1 aliphatic heterocycles. The molecule has 1 amide bonds. The number of rotatable bonds is 4. The van der Waals surface area contributed by atoms with Crippen LogP contribution in [0.25, 0.3) is 0 Å². The molecule has 1 heterocycles. The van der Waals surface area contributed by atoms with Crippen molar-refractivity contribution in [2.45, 2.75) is 25.8 Å². The van der Waals surface area contributed by atoms with E-state index in [1.807, 2.05) is 23.1 Å². The summed E-state index contributed by atoms with van der Waals surface area (Å²) in [5.41, 5.74) is 2.32. The number of carboxylic acid groups (broad SMARTS) is 1. The normalized spacial score (nSPS) is 17.7. The molecule has 2 rings (SSSR count). The first kappa shape index (κ1) is 13.4. The molecular formula is C14H18N2O3. The Bertz CT molecular complexity index is 487. The van der Waals surface area contributed by atoms with Crippen molar-refractivity contribution in [2.24, 2.45) is 0 Å². The van der Waals surface area contributed by atoms with Crippen molar-refractivity contribution in [2.75, 3.05) is 18.0 Å². The zero-order valence-corrected chi connectivity index (χ0v) is 10.9. The molecule has 0 saturated carbocycles. The molecule has 0 radical (unpaired) electrons. The van der Waals surface area contributed by atoms with E-state index in [1.165, 1.54) is 5.56 Å². The van der Waals surface area contributed by atoms with Gasteiger partial charge in [-0.2, -0.15) is 0 Å². The highest BCUT2D eigenvalue weighted by molar-refractivity contribution is 5.85. The minimum atomic E-state index is -1.03. The van der Waals surface area contributed by atoms with E-state index in [0.717, 1.165) is 18.5 Å². The molecule has 2 N–H and O–H groups in total. The van der Waals surface area contributed by atoms with Crippen LogP contribution in [0.4, 0.5) is 5.69 Å². The number of carboxylic acids is 1. The summed E-state index contributed by atoms with van der Waals surface area (Å²) in [5, 5.41) is 11.0. The zero-order chi connectivity index (χ0) is 13.8.